The van der Waals surface area contributed by atoms with Crippen LogP contribution < -0.4 is 10.5 Å². The second-order valence-electron chi connectivity index (χ2n) is 4.37. The van der Waals surface area contributed by atoms with Crippen LogP contribution in [0.3, 0.4) is 0 Å². The Morgan fingerprint density at radius 2 is 2.11 bits per heavy atom. The molecular weight excluding hydrogens is 304 g/mol. The lowest BCUT2D eigenvalue weighted by Crippen LogP contribution is -2.13. The first-order valence-corrected chi connectivity index (χ1v) is 7.00. The van der Waals surface area contributed by atoms with Gasteiger partial charge in [-0.15, -0.1) is 0 Å². The van der Waals surface area contributed by atoms with Gasteiger partial charge in [0.1, 0.15) is 5.75 Å². The van der Waals surface area contributed by atoms with Crippen LogP contribution in [0.4, 0.5) is 0 Å². The summed E-state index contributed by atoms with van der Waals surface area (Å²) in [5.41, 5.74) is 9.54. The molecule has 2 rings (SSSR count). The lowest BCUT2D eigenvalue weighted by Gasteiger charge is -2.16. The average molecular weight is 321 g/mol. The monoisotopic (exact) mass is 320 g/mol. The molecule has 0 saturated heterocycles. The van der Waals surface area contributed by atoms with E-state index in [-0.39, 0.29) is 6.04 Å². The molecule has 3 nitrogen and oxygen atoms in total. The summed E-state index contributed by atoms with van der Waals surface area (Å²) in [6.07, 6.45) is 3.49. The van der Waals surface area contributed by atoms with E-state index >= 15 is 0 Å². The van der Waals surface area contributed by atoms with E-state index in [0.717, 1.165) is 26.9 Å². The maximum absolute atomic E-state index is 6.33. The van der Waals surface area contributed by atoms with E-state index in [4.69, 9.17) is 10.5 Å². The predicted octanol–water partition coefficient (Wildman–Crippen LogP) is 3.60. The van der Waals surface area contributed by atoms with Crippen molar-refractivity contribution in [2.75, 3.05) is 6.61 Å². The Morgan fingerprint density at radius 3 is 2.84 bits per heavy atom. The molecule has 19 heavy (non-hydrogen) atoms. The molecule has 1 aromatic carbocycles. The minimum atomic E-state index is -0.203. The molecule has 1 aromatic heterocycles. The van der Waals surface area contributed by atoms with Crippen molar-refractivity contribution in [3.05, 3.63) is 57.8 Å². The number of halogens is 1. The van der Waals surface area contributed by atoms with E-state index in [2.05, 4.69) is 33.9 Å². The summed E-state index contributed by atoms with van der Waals surface area (Å²) < 4.78 is 6.48. The first-order chi connectivity index (χ1) is 9.11. The molecule has 0 saturated carbocycles. The molecular formula is C15H17BrN2O. The molecule has 0 spiro atoms. The zero-order chi connectivity index (χ0) is 13.8. The number of hydrogen-bond donors (Lipinski definition) is 1. The van der Waals surface area contributed by atoms with Gasteiger partial charge >= 0.3 is 0 Å². The van der Waals surface area contributed by atoms with E-state index in [1.165, 1.54) is 0 Å². The molecule has 0 bridgehead atoms. The van der Waals surface area contributed by atoms with Crippen LogP contribution in [-0.2, 0) is 0 Å². The van der Waals surface area contributed by atoms with Gasteiger partial charge in [0.25, 0.3) is 0 Å². The van der Waals surface area contributed by atoms with Crippen LogP contribution in [0.5, 0.6) is 5.75 Å². The maximum Gasteiger partial charge on any atom is 0.137 e. The second-order valence-corrected chi connectivity index (χ2v) is 5.28. The fourth-order valence-corrected chi connectivity index (χ4v) is 2.36. The maximum atomic E-state index is 6.33. The second kappa shape index (κ2) is 6.17. The van der Waals surface area contributed by atoms with E-state index in [1.807, 2.05) is 25.1 Å². The molecule has 100 valence electrons. The summed E-state index contributed by atoms with van der Waals surface area (Å²) in [5.74, 6) is 0.753. The third kappa shape index (κ3) is 3.33. The lowest BCUT2D eigenvalue weighted by atomic mass is 9.97. The molecule has 0 radical (unpaired) electrons. The van der Waals surface area contributed by atoms with Crippen LogP contribution in [0.25, 0.3) is 0 Å². The minimum absolute atomic E-state index is 0.203. The Kier molecular flexibility index (Phi) is 4.56. The van der Waals surface area contributed by atoms with Crippen LogP contribution in [0.1, 0.15) is 29.7 Å². The van der Waals surface area contributed by atoms with Crippen molar-refractivity contribution in [1.82, 2.24) is 4.98 Å². The highest BCUT2D eigenvalue weighted by Gasteiger charge is 2.13. The summed E-state index contributed by atoms with van der Waals surface area (Å²) in [7, 11) is 0. The Labute approximate surface area is 121 Å². The number of pyridine rings is 1. The highest BCUT2D eigenvalue weighted by Crippen LogP contribution is 2.27. The number of aromatic nitrogens is 1. The normalized spacial score (nSPS) is 12.2. The molecule has 0 aliphatic heterocycles. The van der Waals surface area contributed by atoms with E-state index in [9.17, 15) is 0 Å². The van der Waals surface area contributed by atoms with Gasteiger partial charge in [0.05, 0.1) is 18.8 Å². The third-order valence-corrected chi connectivity index (χ3v) is 3.47. The minimum Gasteiger partial charge on any atom is -0.492 e. The first-order valence-electron chi connectivity index (χ1n) is 6.21. The zero-order valence-corrected chi connectivity index (χ0v) is 12.6. The van der Waals surface area contributed by atoms with Gasteiger partial charge in [-0.2, -0.15) is 0 Å². The van der Waals surface area contributed by atoms with Crippen molar-refractivity contribution in [3.63, 3.8) is 0 Å². The molecule has 0 aliphatic rings. The van der Waals surface area contributed by atoms with Gasteiger partial charge in [0.2, 0.25) is 0 Å². The highest BCUT2D eigenvalue weighted by atomic mass is 79.9. The van der Waals surface area contributed by atoms with Crippen molar-refractivity contribution in [3.8, 4) is 5.75 Å². The summed E-state index contributed by atoms with van der Waals surface area (Å²) in [6, 6.07) is 7.86. The van der Waals surface area contributed by atoms with Gasteiger partial charge in [0.15, 0.2) is 0 Å². The van der Waals surface area contributed by atoms with Gasteiger partial charge in [-0.05, 0) is 48.7 Å². The number of aryl methyl sites for hydroxylation is 1. The molecule has 0 fully saturated rings. The highest BCUT2D eigenvalue weighted by molar-refractivity contribution is 9.10. The number of nitrogens with two attached hydrogens (primary N) is 1. The number of hydrogen-bond acceptors (Lipinski definition) is 3. The fourth-order valence-electron chi connectivity index (χ4n) is 1.98. The van der Waals surface area contributed by atoms with Crippen molar-refractivity contribution in [2.45, 2.75) is 19.9 Å². The molecule has 1 heterocycles. The van der Waals surface area contributed by atoms with Crippen LogP contribution in [-0.4, -0.2) is 11.6 Å². The van der Waals surface area contributed by atoms with E-state index < -0.39 is 0 Å². The first kappa shape index (κ1) is 14.0. The van der Waals surface area contributed by atoms with Crippen LogP contribution in [0, 0.1) is 6.92 Å². The predicted molar refractivity (Wildman–Crippen MR) is 80.3 cm³/mol. The molecule has 0 aliphatic carbocycles. The number of nitrogens with zero attached hydrogens (tertiary/aromatic N) is 1. The van der Waals surface area contributed by atoms with Crippen LogP contribution in [0.15, 0.2) is 41.1 Å². The van der Waals surface area contributed by atoms with Crippen molar-refractivity contribution < 1.29 is 4.74 Å². The zero-order valence-electron chi connectivity index (χ0n) is 11.1. The quantitative estimate of drug-likeness (QED) is 0.936. The summed E-state index contributed by atoms with van der Waals surface area (Å²) in [6.45, 7) is 4.63. The Bertz CT molecular complexity index is 572. The summed E-state index contributed by atoms with van der Waals surface area (Å²) in [4.78, 5) is 4.19. The molecule has 4 heteroatoms. The van der Waals surface area contributed by atoms with Crippen LogP contribution >= 0.6 is 15.9 Å². The topological polar surface area (TPSA) is 48.1 Å². The Hall–Kier alpha value is -1.39. The lowest BCUT2D eigenvalue weighted by molar-refractivity contribution is 0.338. The number of benzene rings is 1. The van der Waals surface area contributed by atoms with Gasteiger partial charge < -0.3 is 10.5 Å². The molecule has 2 N–H and O–H groups in total. The molecule has 2 aromatic rings. The average Bonchev–Trinajstić information content (AvgIpc) is 2.41. The van der Waals surface area contributed by atoms with Crippen molar-refractivity contribution in [2.24, 2.45) is 5.73 Å². The number of ether oxygens (including phenoxy) is 1. The molecule has 0 amide bonds. The summed E-state index contributed by atoms with van der Waals surface area (Å²) in [5, 5.41) is 0. The third-order valence-electron chi connectivity index (χ3n) is 2.98. The van der Waals surface area contributed by atoms with Gasteiger partial charge in [-0.3, -0.25) is 4.98 Å². The van der Waals surface area contributed by atoms with Gasteiger partial charge in [-0.25, -0.2) is 0 Å². The Balaban J connectivity index is 2.35. The molecule has 1 unspecified atom stereocenters. The van der Waals surface area contributed by atoms with E-state index in [1.54, 1.807) is 12.4 Å². The fraction of sp³-hybridized carbons (Fsp3) is 0.267. The van der Waals surface area contributed by atoms with Gasteiger partial charge in [-0.1, -0.05) is 22.0 Å². The number of rotatable bonds is 4. The summed E-state index contributed by atoms with van der Waals surface area (Å²) >= 11 is 3.48. The van der Waals surface area contributed by atoms with Crippen molar-refractivity contribution in [1.29, 1.82) is 0 Å². The largest absolute Gasteiger partial charge is 0.492 e. The van der Waals surface area contributed by atoms with Crippen molar-refractivity contribution >= 4 is 15.9 Å². The van der Waals surface area contributed by atoms with Gasteiger partial charge in [0, 0.05) is 10.7 Å². The Morgan fingerprint density at radius 1 is 1.32 bits per heavy atom. The standard InChI is InChI=1S/C15H17BrN2O/c1-3-19-13-6-11(8-18-9-13)15(17)14-7-12(16)5-4-10(14)2/h4-9,15H,3,17H2,1-2H3. The SMILES string of the molecule is CCOc1cncc(C(N)c2cc(Br)ccc2C)c1. The van der Waals surface area contributed by atoms with Crippen LogP contribution in [0.2, 0.25) is 0 Å². The van der Waals surface area contributed by atoms with E-state index in [0.29, 0.717) is 6.61 Å². The molecule has 1 atom stereocenters. The smallest absolute Gasteiger partial charge is 0.137 e.